The molecule has 21 heavy (non-hydrogen) atoms. The summed E-state index contributed by atoms with van der Waals surface area (Å²) in [6.07, 6.45) is 2.73. The molecule has 0 spiro atoms. The maximum Gasteiger partial charge on any atom is 0.0809 e. The van der Waals surface area contributed by atoms with Crippen LogP contribution in [0.5, 0.6) is 0 Å². The van der Waals surface area contributed by atoms with Crippen molar-refractivity contribution in [1.82, 2.24) is 5.32 Å². The fourth-order valence-electron chi connectivity index (χ4n) is 2.97. The Bertz CT molecular complexity index is 387. The minimum Gasteiger partial charge on any atom is -0.376 e. The standard InChI is InChI=1S/C18H29NO2/c1-4-19-17(15-9-6-5-7-10-15)18(14(2)3)21-13-16-11-8-12-20-16/h5-7,9-10,14,16-19H,4,8,11-13H2,1-3H3. The summed E-state index contributed by atoms with van der Waals surface area (Å²) >= 11 is 0. The SMILES string of the molecule is CCNC(c1ccccc1)C(OCC1CCCO1)C(C)C. The highest BCUT2D eigenvalue weighted by molar-refractivity contribution is 5.20. The Balaban J connectivity index is 2.04. The molecule has 1 fully saturated rings. The predicted octanol–water partition coefficient (Wildman–Crippen LogP) is 3.56. The van der Waals surface area contributed by atoms with Crippen molar-refractivity contribution in [3.05, 3.63) is 35.9 Å². The average molecular weight is 291 g/mol. The van der Waals surface area contributed by atoms with Crippen LogP contribution in [0.2, 0.25) is 0 Å². The van der Waals surface area contributed by atoms with Crippen molar-refractivity contribution >= 4 is 0 Å². The van der Waals surface area contributed by atoms with Gasteiger partial charge < -0.3 is 14.8 Å². The molecule has 118 valence electrons. The lowest BCUT2D eigenvalue weighted by atomic mass is 9.93. The molecule has 1 aliphatic heterocycles. The Morgan fingerprint density at radius 3 is 2.62 bits per heavy atom. The van der Waals surface area contributed by atoms with E-state index in [4.69, 9.17) is 9.47 Å². The molecule has 0 aliphatic carbocycles. The van der Waals surface area contributed by atoms with Crippen LogP contribution in [-0.4, -0.2) is 32.0 Å². The molecule has 3 atom stereocenters. The first-order valence-electron chi connectivity index (χ1n) is 8.24. The highest BCUT2D eigenvalue weighted by Crippen LogP contribution is 2.26. The van der Waals surface area contributed by atoms with E-state index in [9.17, 15) is 0 Å². The van der Waals surface area contributed by atoms with Gasteiger partial charge in [0.15, 0.2) is 0 Å². The summed E-state index contributed by atoms with van der Waals surface area (Å²) in [5, 5.41) is 3.59. The summed E-state index contributed by atoms with van der Waals surface area (Å²) in [4.78, 5) is 0. The third-order valence-electron chi connectivity index (χ3n) is 4.07. The number of ether oxygens (including phenoxy) is 2. The summed E-state index contributed by atoms with van der Waals surface area (Å²) in [5.41, 5.74) is 1.30. The molecule has 2 rings (SSSR count). The maximum atomic E-state index is 6.27. The molecule has 1 N–H and O–H groups in total. The summed E-state index contributed by atoms with van der Waals surface area (Å²) in [6.45, 7) is 9.13. The average Bonchev–Trinajstić information content (AvgIpc) is 3.00. The van der Waals surface area contributed by atoms with Gasteiger partial charge in [-0.1, -0.05) is 51.1 Å². The molecule has 0 amide bonds. The van der Waals surface area contributed by atoms with Gasteiger partial charge in [-0.15, -0.1) is 0 Å². The normalized spacial score (nSPS) is 21.6. The van der Waals surface area contributed by atoms with E-state index >= 15 is 0 Å². The van der Waals surface area contributed by atoms with Gasteiger partial charge in [-0.2, -0.15) is 0 Å². The first-order valence-corrected chi connectivity index (χ1v) is 8.24. The fraction of sp³-hybridized carbons (Fsp3) is 0.667. The summed E-state index contributed by atoms with van der Waals surface area (Å²) in [7, 11) is 0. The molecular formula is C18H29NO2. The molecule has 0 radical (unpaired) electrons. The van der Waals surface area contributed by atoms with Gasteiger partial charge in [0, 0.05) is 6.61 Å². The van der Waals surface area contributed by atoms with E-state index in [1.54, 1.807) is 0 Å². The van der Waals surface area contributed by atoms with Crippen LogP contribution in [-0.2, 0) is 9.47 Å². The molecule has 1 aliphatic rings. The molecule has 1 aromatic carbocycles. The van der Waals surface area contributed by atoms with E-state index in [-0.39, 0.29) is 18.2 Å². The zero-order chi connectivity index (χ0) is 15.1. The van der Waals surface area contributed by atoms with Crippen molar-refractivity contribution in [2.75, 3.05) is 19.8 Å². The third-order valence-corrected chi connectivity index (χ3v) is 4.07. The molecule has 3 unspecified atom stereocenters. The van der Waals surface area contributed by atoms with Gasteiger partial charge in [0.2, 0.25) is 0 Å². The summed E-state index contributed by atoms with van der Waals surface area (Å²) < 4.78 is 12.0. The predicted molar refractivity (Wildman–Crippen MR) is 86.4 cm³/mol. The lowest BCUT2D eigenvalue weighted by Gasteiger charge is -2.32. The highest BCUT2D eigenvalue weighted by atomic mass is 16.5. The van der Waals surface area contributed by atoms with Gasteiger partial charge in [0.1, 0.15) is 0 Å². The number of benzene rings is 1. The molecule has 1 saturated heterocycles. The van der Waals surface area contributed by atoms with Gasteiger partial charge in [0.05, 0.1) is 24.9 Å². The van der Waals surface area contributed by atoms with Crippen LogP contribution >= 0.6 is 0 Å². The molecular weight excluding hydrogens is 262 g/mol. The Morgan fingerprint density at radius 2 is 2.05 bits per heavy atom. The lowest BCUT2D eigenvalue weighted by Crippen LogP contribution is -2.38. The maximum absolute atomic E-state index is 6.27. The Kier molecular flexibility index (Phi) is 6.68. The monoisotopic (exact) mass is 291 g/mol. The van der Waals surface area contributed by atoms with Gasteiger partial charge in [-0.25, -0.2) is 0 Å². The van der Waals surface area contributed by atoms with E-state index in [2.05, 4.69) is 56.4 Å². The van der Waals surface area contributed by atoms with Crippen molar-refractivity contribution in [2.24, 2.45) is 5.92 Å². The Labute approximate surface area is 129 Å². The zero-order valence-electron chi connectivity index (χ0n) is 13.5. The smallest absolute Gasteiger partial charge is 0.0809 e. The van der Waals surface area contributed by atoms with E-state index in [0.29, 0.717) is 12.5 Å². The first-order chi connectivity index (χ1) is 10.2. The number of hydrogen-bond acceptors (Lipinski definition) is 3. The molecule has 0 aromatic heterocycles. The van der Waals surface area contributed by atoms with Crippen LogP contribution in [0, 0.1) is 5.92 Å². The van der Waals surface area contributed by atoms with Crippen LogP contribution in [0.3, 0.4) is 0 Å². The summed E-state index contributed by atoms with van der Waals surface area (Å²) in [5.74, 6) is 0.454. The minimum atomic E-state index is 0.163. The minimum absolute atomic E-state index is 0.163. The topological polar surface area (TPSA) is 30.5 Å². The van der Waals surface area contributed by atoms with Crippen molar-refractivity contribution in [1.29, 1.82) is 0 Å². The molecule has 1 aromatic rings. The molecule has 0 bridgehead atoms. The number of hydrogen-bond donors (Lipinski definition) is 1. The van der Waals surface area contributed by atoms with E-state index in [1.807, 2.05) is 0 Å². The second-order valence-corrected chi connectivity index (χ2v) is 6.12. The van der Waals surface area contributed by atoms with Gasteiger partial charge in [-0.05, 0) is 30.9 Å². The number of nitrogens with one attached hydrogen (secondary N) is 1. The number of rotatable bonds is 8. The van der Waals surface area contributed by atoms with Crippen molar-refractivity contribution in [2.45, 2.75) is 51.9 Å². The molecule has 1 heterocycles. The summed E-state index contributed by atoms with van der Waals surface area (Å²) in [6, 6.07) is 10.8. The Morgan fingerprint density at radius 1 is 1.29 bits per heavy atom. The van der Waals surface area contributed by atoms with Gasteiger partial charge >= 0.3 is 0 Å². The molecule has 3 nitrogen and oxygen atoms in total. The van der Waals surface area contributed by atoms with E-state index in [1.165, 1.54) is 5.56 Å². The Hall–Kier alpha value is -0.900. The number of likely N-dealkylation sites (N-methyl/N-ethyl adjacent to an activating group) is 1. The van der Waals surface area contributed by atoms with E-state index < -0.39 is 0 Å². The van der Waals surface area contributed by atoms with Crippen LogP contribution in [0.4, 0.5) is 0 Å². The van der Waals surface area contributed by atoms with E-state index in [0.717, 1.165) is 26.0 Å². The second kappa shape index (κ2) is 8.52. The van der Waals surface area contributed by atoms with Crippen molar-refractivity contribution in [3.8, 4) is 0 Å². The first kappa shape index (κ1) is 16.5. The molecule has 0 saturated carbocycles. The second-order valence-electron chi connectivity index (χ2n) is 6.12. The van der Waals surface area contributed by atoms with Gasteiger partial charge in [-0.3, -0.25) is 0 Å². The van der Waals surface area contributed by atoms with Crippen LogP contribution in [0.1, 0.15) is 45.2 Å². The van der Waals surface area contributed by atoms with Gasteiger partial charge in [0.25, 0.3) is 0 Å². The van der Waals surface area contributed by atoms with Crippen LogP contribution < -0.4 is 5.32 Å². The van der Waals surface area contributed by atoms with Crippen LogP contribution in [0.25, 0.3) is 0 Å². The quantitative estimate of drug-likeness (QED) is 0.794. The fourth-order valence-corrected chi connectivity index (χ4v) is 2.97. The largest absolute Gasteiger partial charge is 0.376 e. The van der Waals surface area contributed by atoms with Crippen molar-refractivity contribution < 1.29 is 9.47 Å². The molecule has 3 heteroatoms. The zero-order valence-corrected chi connectivity index (χ0v) is 13.5. The third kappa shape index (κ3) is 4.80. The van der Waals surface area contributed by atoms with Crippen molar-refractivity contribution in [3.63, 3.8) is 0 Å². The highest BCUT2D eigenvalue weighted by Gasteiger charge is 2.28. The van der Waals surface area contributed by atoms with Crippen LogP contribution in [0.15, 0.2) is 30.3 Å². The lowest BCUT2D eigenvalue weighted by molar-refractivity contribution is -0.0521.